The van der Waals surface area contributed by atoms with Gasteiger partial charge in [-0.25, -0.2) is 0 Å². The number of carbonyl (C=O) groups excluding carboxylic acids is 2. The van der Waals surface area contributed by atoms with E-state index in [1.54, 1.807) is 0 Å². The lowest BCUT2D eigenvalue weighted by atomic mass is 10.1. The van der Waals surface area contributed by atoms with Crippen molar-refractivity contribution in [1.29, 1.82) is 0 Å². The molecule has 0 unspecified atom stereocenters. The highest BCUT2D eigenvalue weighted by molar-refractivity contribution is 5.94. The predicted molar refractivity (Wildman–Crippen MR) is 108 cm³/mol. The summed E-state index contributed by atoms with van der Waals surface area (Å²) in [6.45, 7) is 2.43. The van der Waals surface area contributed by atoms with Crippen molar-refractivity contribution >= 4 is 11.8 Å². The lowest BCUT2D eigenvalue weighted by Crippen LogP contribution is -2.35. The maximum atomic E-state index is 12.4. The average Bonchev–Trinajstić information content (AvgIpc) is 3.16. The normalized spacial score (nSPS) is 14.0. The van der Waals surface area contributed by atoms with Crippen molar-refractivity contribution in [3.63, 3.8) is 0 Å². The molecule has 0 spiro atoms. The number of hydrogen-bond acceptors (Lipinski definition) is 3. The van der Waals surface area contributed by atoms with Crippen molar-refractivity contribution in [3.8, 4) is 0 Å². The molecular formula is C22H27N3O3. The summed E-state index contributed by atoms with van der Waals surface area (Å²) in [5.41, 5.74) is 2.44. The monoisotopic (exact) mass is 381 g/mol. The summed E-state index contributed by atoms with van der Waals surface area (Å²) in [6, 6.07) is 11.2. The van der Waals surface area contributed by atoms with E-state index >= 15 is 0 Å². The van der Waals surface area contributed by atoms with Gasteiger partial charge in [-0.3, -0.25) is 14.4 Å². The Hall–Kier alpha value is -2.89. The Morgan fingerprint density at radius 3 is 2.68 bits per heavy atom. The number of benzene rings is 1. The molecule has 1 aliphatic carbocycles. The van der Waals surface area contributed by atoms with E-state index in [2.05, 4.69) is 16.7 Å². The number of amides is 2. The second kappa shape index (κ2) is 9.35. The molecule has 0 aliphatic heterocycles. The molecule has 6 nitrogen and oxygen atoms in total. The van der Waals surface area contributed by atoms with Crippen LogP contribution in [-0.2, 0) is 17.8 Å². The molecule has 0 radical (unpaired) electrons. The predicted octanol–water partition coefficient (Wildman–Crippen LogP) is 2.19. The Balaban J connectivity index is 1.54. The number of aromatic nitrogens is 1. The van der Waals surface area contributed by atoms with Gasteiger partial charge >= 0.3 is 0 Å². The first-order valence-corrected chi connectivity index (χ1v) is 9.85. The number of nitrogens with one attached hydrogen (secondary N) is 2. The molecule has 1 fully saturated rings. The standard InChI is InChI=1S/C22H27N3O3/c1-16-5-4-6-17(13-16)11-12-23-20(26)15-25-14-18(9-10-21(25)27)22(28)24-19-7-2-3-8-19/h4-6,9-10,13-14,19H,2-3,7-8,11-12,15H2,1H3,(H,23,26)(H,24,28). The van der Waals surface area contributed by atoms with Gasteiger partial charge in [-0.05, 0) is 37.8 Å². The average molecular weight is 381 g/mol. The van der Waals surface area contributed by atoms with Crippen molar-refractivity contribution in [2.45, 2.75) is 51.6 Å². The Morgan fingerprint density at radius 1 is 1.14 bits per heavy atom. The molecule has 1 heterocycles. The minimum atomic E-state index is -0.300. The minimum absolute atomic E-state index is 0.100. The summed E-state index contributed by atoms with van der Waals surface area (Å²) in [6.07, 6.45) is 6.45. The maximum Gasteiger partial charge on any atom is 0.252 e. The van der Waals surface area contributed by atoms with E-state index in [-0.39, 0.29) is 30.0 Å². The fourth-order valence-electron chi connectivity index (χ4n) is 3.55. The molecule has 0 atom stereocenters. The largest absolute Gasteiger partial charge is 0.354 e. The molecule has 0 saturated heterocycles. The van der Waals surface area contributed by atoms with Crippen LogP contribution in [0, 0.1) is 6.92 Å². The van der Waals surface area contributed by atoms with Crippen LogP contribution < -0.4 is 16.2 Å². The second-order valence-corrected chi connectivity index (χ2v) is 7.43. The minimum Gasteiger partial charge on any atom is -0.354 e. The highest BCUT2D eigenvalue weighted by atomic mass is 16.2. The van der Waals surface area contributed by atoms with Crippen LogP contribution in [-0.4, -0.2) is 29.0 Å². The molecule has 1 aromatic heterocycles. The number of carbonyl (C=O) groups is 2. The molecule has 0 bridgehead atoms. The fraction of sp³-hybridized carbons (Fsp3) is 0.409. The highest BCUT2D eigenvalue weighted by Crippen LogP contribution is 2.18. The lowest BCUT2D eigenvalue weighted by Gasteiger charge is -2.13. The Morgan fingerprint density at radius 2 is 1.93 bits per heavy atom. The quantitative estimate of drug-likeness (QED) is 0.772. The number of hydrogen-bond donors (Lipinski definition) is 2. The van der Waals surface area contributed by atoms with Crippen molar-refractivity contribution in [3.05, 3.63) is 69.6 Å². The van der Waals surface area contributed by atoms with Gasteiger partial charge in [0, 0.05) is 24.8 Å². The van der Waals surface area contributed by atoms with Crippen molar-refractivity contribution < 1.29 is 9.59 Å². The van der Waals surface area contributed by atoms with Crippen LogP contribution in [0.3, 0.4) is 0 Å². The first-order chi connectivity index (χ1) is 13.5. The van der Waals surface area contributed by atoms with Crippen LogP contribution in [0.4, 0.5) is 0 Å². The van der Waals surface area contributed by atoms with Crippen LogP contribution in [0.5, 0.6) is 0 Å². The Labute approximate surface area is 165 Å². The number of nitrogens with zero attached hydrogens (tertiary/aromatic N) is 1. The maximum absolute atomic E-state index is 12.4. The molecule has 2 N–H and O–H groups in total. The van der Waals surface area contributed by atoms with Gasteiger partial charge in [-0.15, -0.1) is 0 Å². The topological polar surface area (TPSA) is 80.2 Å². The van der Waals surface area contributed by atoms with E-state index in [4.69, 9.17) is 0 Å². The number of pyridine rings is 1. The summed E-state index contributed by atoms with van der Waals surface area (Å²) in [7, 11) is 0. The molecule has 148 valence electrons. The van der Waals surface area contributed by atoms with E-state index < -0.39 is 0 Å². The van der Waals surface area contributed by atoms with Crippen LogP contribution in [0.25, 0.3) is 0 Å². The molecular weight excluding hydrogens is 354 g/mol. The Bertz CT molecular complexity index is 898. The summed E-state index contributed by atoms with van der Waals surface area (Å²) in [4.78, 5) is 36.6. The van der Waals surface area contributed by atoms with Gasteiger partial charge in [0.15, 0.2) is 0 Å². The van der Waals surface area contributed by atoms with Crippen LogP contribution >= 0.6 is 0 Å². The molecule has 28 heavy (non-hydrogen) atoms. The van der Waals surface area contributed by atoms with Crippen molar-refractivity contribution in [2.24, 2.45) is 0 Å². The molecule has 3 rings (SSSR count). The summed E-state index contributed by atoms with van der Waals surface area (Å²) in [5, 5.41) is 5.83. The fourth-order valence-corrected chi connectivity index (χ4v) is 3.55. The smallest absolute Gasteiger partial charge is 0.252 e. The zero-order valence-electron chi connectivity index (χ0n) is 16.2. The summed E-state index contributed by atoms with van der Waals surface area (Å²) < 4.78 is 1.28. The second-order valence-electron chi connectivity index (χ2n) is 7.43. The first kappa shape index (κ1) is 19.9. The zero-order valence-corrected chi connectivity index (χ0v) is 16.2. The van der Waals surface area contributed by atoms with Gasteiger partial charge in [-0.2, -0.15) is 0 Å². The SMILES string of the molecule is Cc1cccc(CCNC(=O)Cn2cc(C(=O)NC3CCCC3)ccc2=O)c1. The van der Waals surface area contributed by atoms with Crippen molar-refractivity contribution in [1.82, 2.24) is 15.2 Å². The lowest BCUT2D eigenvalue weighted by molar-refractivity contribution is -0.121. The van der Waals surface area contributed by atoms with Crippen LogP contribution in [0.2, 0.25) is 0 Å². The molecule has 2 amide bonds. The van der Waals surface area contributed by atoms with E-state index in [0.717, 1.165) is 37.7 Å². The third-order valence-electron chi connectivity index (χ3n) is 5.07. The third kappa shape index (κ3) is 5.55. The van der Waals surface area contributed by atoms with Gasteiger partial charge < -0.3 is 15.2 Å². The third-order valence-corrected chi connectivity index (χ3v) is 5.07. The van der Waals surface area contributed by atoms with E-state index in [0.29, 0.717) is 12.1 Å². The van der Waals surface area contributed by atoms with E-state index in [9.17, 15) is 14.4 Å². The van der Waals surface area contributed by atoms with Gasteiger partial charge in [-0.1, -0.05) is 42.7 Å². The molecule has 2 aromatic rings. The van der Waals surface area contributed by atoms with E-state index in [1.807, 2.05) is 25.1 Å². The first-order valence-electron chi connectivity index (χ1n) is 9.85. The number of aryl methyl sites for hydroxylation is 1. The van der Waals surface area contributed by atoms with E-state index in [1.165, 1.54) is 28.5 Å². The van der Waals surface area contributed by atoms with Gasteiger partial charge in [0.05, 0.1) is 5.56 Å². The van der Waals surface area contributed by atoms with Crippen molar-refractivity contribution in [2.75, 3.05) is 6.54 Å². The van der Waals surface area contributed by atoms with Gasteiger partial charge in [0.1, 0.15) is 6.54 Å². The Kier molecular flexibility index (Phi) is 6.63. The summed E-state index contributed by atoms with van der Waals surface area (Å²) in [5.74, 6) is -0.441. The number of rotatable bonds is 7. The van der Waals surface area contributed by atoms with Crippen LogP contribution in [0.15, 0.2) is 47.4 Å². The molecule has 1 aromatic carbocycles. The molecule has 1 saturated carbocycles. The molecule has 1 aliphatic rings. The summed E-state index contributed by atoms with van der Waals surface area (Å²) >= 11 is 0. The van der Waals surface area contributed by atoms with Gasteiger partial charge in [0.2, 0.25) is 5.91 Å². The zero-order chi connectivity index (χ0) is 19.9. The molecule has 6 heteroatoms. The van der Waals surface area contributed by atoms with Crippen LogP contribution in [0.1, 0.15) is 47.2 Å². The highest BCUT2D eigenvalue weighted by Gasteiger charge is 2.18. The van der Waals surface area contributed by atoms with Gasteiger partial charge in [0.25, 0.3) is 11.5 Å².